The van der Waals surface area contributed by atoms with Gasteiger partial charge in [-0.2, -0.15) is 0 Å². The average Bonchev–Trinajstić information content (AvgIpc) is 3.06. The number of carbonyl (C=O) groups excluding carboxylic acids is 3. The minimum absolute atomic E-state index is 0.153. The SMILES string of the molecule is O=C1CCC(N2Cc3c(cc(Br)c4c3CCO4)C2=O)C(=O)N1. The Morgan fingerprint density at radius 2 is 2.05 bits per heavy atom. The highest BCUT2D eigenvalue weighted by molar-refractivity contribution is 9.10. The Morgan fingerprint density at radius 1 is 1.23 bits per heavy atom. The van der Waals surface area contributed by atoms with Gasteiger partial charge in [0.05, 0.1) is 11.1 Å². The van der Waals surface area contributed by atoms with Crippen LogP contribution in [0.1, 0.15) is 34.3 Å². The predicted molar refractivity (Wildman–Crippen MR) is 79.4 cm³/mol. The number of nitrogens with zero attached hydrogens (tertiary/aromatic N) is 1. The summed E-state index contributed by atoms with van der Waals surface area (Å²) in [6.45, 7) is 1.01. The molecule has 1 atom stereocenters. The molecule has 3 aliphatic heterocycles. The third-order valence-corrected chi connectivity index (χ3v) is 5.05. The largest absolute Gasteiger partial charge is 0.492 e. The van der Waals surface area contributed by atoms with Crippen molar-refractivity contribution in [2.75, 3.05) is 6.61 Å². The van der Waals surface area contributed by atoms with Crippen molar-refractivity contribution in [1.82, 2.24) is 10.2 Å². The van der Waals surface area contributed by atoms with Gasteiger partial charge in [-0.1, -0.05) is 0 Å². The summed E-state index contributed by atoms with van der Waals surface area (Å²) in [6, 6.07) is 1.20. The van der Waals surface area contributed by atoms with Gasteiger partial charge < -0.3 is 9.64 Å². The van der Waals surface area contributed by atoms with Crippen LogP contribution in [0.25, 0.3) is 0 Å². The first-order chi connectivity index (χ1) is 10.6. The maximum atomic E-state index is 12.7. The van der Waals surface area contributed by atoms with E-state index in [0.717, 1.165) is 27.8 Å². The molecule has 0 saturated carbocycles. The van der Waals surface area contributed by atoms with Crippen LogP contribution in [0.5, 0.6) is 5.75 Å². The first-order valence-electron chi connectivity index (χ1n) is 7.18. The molecule has 1 unspecified atom stereocenters. The van der Waals surface area contributed by atoms with Gasteiger partial charge in [-0.05, 0) is 34.0 Å². The summed E-state index contributed by atoms with van der Waals surface area (Å²) >= 11 is 3.44. The molecule has 0 aliphatic carbocycles. The van der Waals surface area contributed by atoms with Gasteiger partial charge in [0.25, 0.3) is 5.91 Å². The molecule has 1 saturated heterocycles. The van der Waals surface area contributed by atoms with Crippen LogP contribution in [0, 0.1) is 0 Å². The molecule has 3 amide bonds. The molecule has 0 aromatic heterocycles. The van der Waals surface area contributed by atoms with Crippen molar-refractivity contribution in [3.8, 4) is 5.75 Å². The minimum Gasteiger partial charge on any atom is -0.492 e. The molecule has 1 aromatic carbocycles. The van der Waals surface area contributed by atoms with Gasteiger partial charge >= 0.3 is 0 Å². The second-order valence-electron chi connectivity index (χ2n) is 5.69. The highest BCUT2D eigenvalue weighted by Gasteiger charge is 2.41. The molecule has 1 fully saturated rings. The van der Waals surface area contributed by atoms with E-state index < -0.39 is 6.04 Å². The Labute approximate surface area is 134 Å². The van der Waals surface area contributed by atoms with Gasteiger partial charge in [0.15, 0.2) is 0 Å². The summed E-state index contributed by atoms with van der Waals surface area (Å²) in [6.07, 6.45) is 1.42. The molecule has 1 aromatic rings. The zero-order chi connectivity index (χ0) is 15.4. The molecule has 7 heteroatoms. The van der Waals surface area contributed by atoms with Crippen LogP contribution in [0.2, 0.25) is 0 Å². The number of ether oxygens (including phenoxy) is 1. The lowest BCUT2D eigenvalue weighted by Crippen LogP contribution is -2.52. The number of hydrogen-bond acceptors (Lipinski definition) is 4. The maximum absolute atomic E-state index is 12.7. The number of nitrogens with one attached hydrogen (secondary N) is 1. The number of piperidine rings is 1. The van der Waals surface area contributed by atoms with Crippen molar-refractivity contribution < 1.29 is 19.1 Å². The van der Waals surface area contributed by atoms with E-state index in [1.54, 1.807) is 11.0 Å². The van der Waals surface area contributed by atoms with Gasteiger partial charge in [-0.25, -0.2) is 0 Å². The first-order valence-corrected chi connectivity index (χ1v) is 7.97. The predicted octanol–water partition coefficient (Wildman–Crippen LogP) is 1.15. The van der Waals surface area contributed by atoms with Crippen LogP contribution < -0.4 is 10.1 Å². The molecular weight excluding hydrogens is 352 g/mol. The van der Waals surface area contributed by atoms with Crippen molar-refractivity contribution in [1.29, 1.82) is 0 Å². The normalized spacial score (nSPS) is 23.2. The Kier molecular flexibility index (Phi) is 3.00. The van der Waals surface area contributed by atoms with E-state index in [9.17, 15) is 14.4 Å². The van der Waals surface area contributed by atoms with E-state index in [-0.39, 0.29) is 24.1 Å². The fourth-order valence-electron chi connectivity index (χ4n) is 3.40. The summed E-state index contributed by atoms with van der Waals surface area (Å²) in [4.78, 5) is 37.5. The molecule has 0 bridgehead atoms. The third-order valence-electron chi connectivity index (χ3n) is 4.46. The fourth-order valence-corrected chi connectivity index (χ4v) is 3.98. The third kappa shape index (κ3) is 1.88. The van der Waals surface area contributed by atoms with Crippen LogP contribution in [-0.4, -0.2) is 35.3 Å². The maximum Gasteiger partial charge on any atom is 0.255 e. The van der Waals surface area contributed by atoms with Gasteiger partial charge in [-0.15, -0.1) is 0 Å². The Morgan fingerprint density at radius 3 is 2.82 bits per heavy atom. The Bertz CT molecular complexity index is 731. The zero-order valence-corrected chi connectivity index (χ0v) is 13.2. The Hall–Kier alpha value is -1.89. The lowest BCUT2D eigenvalue weighted by molar-refractivity contribution is -0.136. The quantitative estimate of drug-likeness (QED) is 0.758. The number of fused-ring (bicyclic) bond motifs is 3. The number of carbonyl (C=O) groups is 3. The fraction of sp³-hybridized carbons (Fsp3) is 0.400. The highest BCUT2D eigenvalue weighted by Crippen LogP contribution is 2.42. The van der Waals surface area contributed by atoms with Crippen molar-refractivity contribution in [2.24, 2.45) is 0 Å². The summed E-state index contributed by atoms with van der Waals surface area (Å²) in [5.41, 5.74) is 2.62. The standard InChI is InChI=1S/C15H13BrN2O4/c16-10-5-8-9(7-3-4-22-13(7)10)6-18(15(8)21)11-1-2-12(19)17-14(11)20/h5,11H,1-4,6H2,(H,17,19,20). The lowest BCUT2D eigenvalue weighted by Gasteiger charge is -2.29. The first kappa shape index (κ1) is 13.8. The van der Waals surface area contributed by atoms with Crippen LogP contribution >= 0.6 is 15.9 Å². The second kappa shape index (κ2) is 4.81. The van der Waals surface area contributed by atoms with E-state index in [0.29, 0.717) is 25.1 Å². The van der Waals surface area contributed by atoms with Gasteiger partial charge in [0, 0.05) is 30.5 Å². The van der Waals surface area contributed by atoms with E-state index in [4.69, 9.17) is 4.74 Å². The lowest BCUT2D eigenvalue weighted by atomic mass is 10.0. The molecule has 3 heterocycles. The molecule has 4 rings (SSSR count). The smallest absolute Gasteiger partial charge is 0.255 e. The van der Waals surface area contributed by atoms with Gasteiger partial charge in [0.1, 0.15) is 11.8 Å². The molecular formula is C15H13BrN2O4. The van der Waals surface area contributed by atoms with E-state index in [1.807, 2.05) is 0 Å². The van der Waals surface area contributed by atoms with E-state index in [1.165, 1.54) is 0 Å². The van der Waals surface area contributed by atoms with Crippen LogP contribution in [0.15, 0.2) is 10.5 Å². The monoisotopic (exact) mass is 364 g/mol. The Balaban J connectivity index is 1.71. The number of amides is 3. The summed E-state index contributed by atoms with van der Waals surface area (Å²) < 4.78 is 6.38. The molecule has 1 N–H and O–H groups in total. The molecule has 114 valence electrons. The minimum atomic E-state index is -0.575. The number of rotatable bonds is 1. The summed E-state index contributed by atoms with van der Waals surface area (Å²) in [5, 5.41) is 2.31. The van der Waals surface area contributed by atoms with Crippen molar-refractivity contribution in [3.63, 3.8) is 0 Å². The van der Waals surface area contributed by atoms with Crippen LogP contribution in [0.4, 0.5) is 0 Å². The van der Waals surface area contributed by atoms with E-state index >= 15 is 0 Å². The topological polar surface area (TPSA) is 75.7 Å². The molecule has 0 radical (unpaired) electrons. The summed E-state index contributed by atoms with van der Waals surface area (Å²) in [7, 11) is 0. The van der Waals surface area contributed by atoms with Gasteiger partial charge in [-0.3, -0.25) is 19.7 Å². The van der Waals surface area contributed by atoms with Crippen molar-refractivity contribution in [3.05, 3.63) is 27.2 Å². The number of imide groups is 1. The molecule has 22 heavy (non-hydrogen) atoms. The number of hydrogen-bond donors (Lipinski definition) is 1. The van der Waals surface area contributed by atoms with Crippen molar-refractivity contribution >= 4 is 33.7 Å². The average molecular weight is 365 g/mol. The van der Waals surface area contributed by atoms with Crippen molar-refractivity contribution in [2.45, 2.75) is 31.8 Å². The summed E-state index contributed by atoms with van der Waals surface area (Å²) in [5.74, 6) is -0.0108. The number of halogens is 1. The zero-order valence-electron chi connectivity index (χ0n) is 11.6. The second-order valence-corrected chi connectivity index (χ2v) is 6.54. The molecule has 6 nitrogen and oxygen atoms in total. The molecule has 3 aliphatic rings. The van der Waals surface area contributed by atoms with E-state index in [2.05, 4.69) is 21.2 Å². The van der Waals surface area contributed by atoms with Crippen LogP contribution in [-0.2, 0) is 22.6 Å². The number of benzene rings is 1. The highest BCUT2D eigenvalue weighted by atomic mass is 79.9. The van der Waals surface area contributed by atoms with Crippen LogP contribution in [0.3, 0.4) is 0 Å². The van der Waals surface area contributed by atoms with Gasteiger partial charge in [0.2, 0.25) is 11.8 Å². The molecule has 0 spiro atoms.